The monoisotopic (exact) mass is 325 g/mol. The highest BCUT2D eigenvalue weighted by atomic mass is 19.4. The summed E-state index contributed by atoms with van der Waals surface area (Å²) in [6, 6.07) is 6.42. The molecule has 2 rings (SSSR count). The van der Waals surface area contributed by atoms with Gasteiger partial charge in [-0.3, -0.25) is 10.1 Å². The van der Waals surface area contributed by atoms with Gasteiger partial charge in [0, 0.05) is 17.8 Å². The summed E-state index contributed by atoms with van der Waals surface area (Å²) in [5, 5.41) is 11.7. The lowest BCUT2D eigenvalue weighted by atomic mass is 9.76. The van der Waals surface area contributed by atoms with Crippen molar-refractivity contribution in [3.8, 4) is 0 Å². The first-order valence-electron chi connectivity index (χ1n) is 7.20. The van der Waals surface area contributed by atoms with Gasteiger partial charge >= 0.3 is 6.18 Å². The summed E-state index contributed by atoms with van der Waals surface area (Å²) in [7, 11) is 0. The van der Waals surface area contributed by atoms with Crippen LogP contribution in [0.25, 0.3) is 0 Å². The molecular weight excluding hydrogens is 307 g/mol. The van der Waals surface area contributed by atoms with Gasteiger partial charge in [0.25, 0.3) is 0 Å². The molecule has 6 heteroatoms. The molecule has 3 atom stereocenters. The van der Waals surface area contributed by atoms with E-state index in [0.29, 0.717) is 5.56 Å². The molecule has 3 nitrogen and oxygen atoms in total. The lowest BCUT2D eigenvalue weighted by Gasteiger charge is -2.30. The lowest BCUT2D eigenvalue weighted by Crippen LogP contribution is -2.43. The molecule has 1 aromatic carbocycles. The number of aryl methyl sites for hydroxylation is 1. The van der Waals surface area contributed by atoms with Gasteiger partial charge in [-0.1, -0.05) is 48.1 Å². The lowest BCUT2D eigenvalue weighted by molar-refractivity contribution is -0.572. The van der Waals surface area contributed by atoms with Crippen LogP contribution in [0.3, 0.4) is 0 Å². The van der Waals surface area contributed by atoms with E-state index in [1.165, 1.54) is 6.08 Å². The molecule has 0 amide bonds. The summed E-state index contributed by atoms with van der Waals surface area (Å²) in [5.74, 6) is -3.22. The van der Waals surface area contributed by atoms with Crippen LogP contribution in [0.1, 0.15) is 29.9 Å². The van der Waals surface area contributed by atoms with Gasteiger partial charge in [-0.25, -0.2) is 0 Å². The second-order valence-corrected chi connectivity index (χ2v) is 6.10. The van der Waals surface area contributed by atoms with Crippen molar-refractivity contribution < 1.29 is 18.1 Å². The number of alkyl halides is 3. The SMILES string of the molecule is C=CC[C@@]1([N+](=O)[O-])CC(=C)[C@H](C(F)(F)F)[C@@H]1c1ccc(C)cc1. The van der Waals surface area contributed by atoms with Crippen molar-refractivity contribution in [1.82, 2.24) is 0 Å². The predicted octanol–water partition coefficient (Wildman–Crippen LogP) is 4.81. The molecule has 0 bridgehead atoms. The number of nitrogens with zero attached hydrogens (tertiary/aromatic N) is 1. The Morgan fingerprint density at radius 1 is 1.39 bits per heavy atom. The van der Waals surface area contributed by atoms with Gasteiger partial charge in [0.1, 0.15) is 0 Å². The smallest absolute Gasteiger partial charge is 0.264 e. The first-order valence-corrected chi connectivity index (χ1v) is 7.20. The summed E-state index contributed by atoms with van der Waals surface area (Å²) in [6.45, 7) is 8.80. The van der Waals surface area contributed by atoms with Crippen molar-refractivity contribution in [2.75, 3.05) is 0 Å². The van der Waals surface area contributed by atoms with E-state index < -0.39 is 28.5 Å². The molecule has 0 N–H and O–H groups in total. The van der Waals surface area contributed by atoms with Gasteiger partial charge in [-0.2, -0.15) is 13.2 Å². The maximum atomic E-state index is 13.6. The van der Waals surface area contributed by atoms with Gasteiger partial charge in [0.2, 0.25) is 5.54 Å². The fourth-order valence-corrected chi connectivity index (χ4v) is 3.56. The third-order valence-corrected chi connectivity index (χ3v) is 4.54. The first-order chi connectivity index (χ1) is 10.6. The fraction of sp³-hybridized carbons (Fsp3) is 0.412. The Labute approximate surface area is 132 Å². The van der Waals surface area contributed by atoms with E-state index in [4.69, 9.17) is 0 Å². The zero-order chi connectivity index (χ0) is 17.4. The van der Waals surface area contributed by atoms with Crippen LogP contribution in [0.4, 0.5) is 13.2 Å². The maximum absolute atomic E-state index is 13.6. The molecule has 124 valence electrons. The van der Waals surface area contributed by atoms with Crippen LogP contribution in [0, 0.1) is 23.0 Å². The topological polar surface area (TPSA) is 43.1 Å². The molecule has 0 saturated heterocycles. The van der Waals surface area contributed by atoms with Crippen LogP contribution >= 0.6 is 0 Å². The van der Waals surface area contributed by atoms with Crippen molar-refractivity contribution in [3.63, 3.8) is 0 Å². The number of nitro groups is 1. The van der Waals surface area contributed by atoms with Crippen molar-refractivity contribution in [1.29, 1.82) is 0 Å². The molecule has 1 aliphatic carbocycles. The number of hydrogen-bond donors (Lipinski definition) is 0. The molecule has 0 radical (unpaired) electrons. The van der Waals surface area contributed by atoms with Crippen molar-refractivity contribution in [2.45, 2.75) is 37.4 Å². The quantitative estimate of drug-likeness (QED) is 0.453. The molecule has 0 spiro atoms. The molecule has 1 saturated carbocycles. The minimum atomic E-state index is -4.58. The minimum Gasteiger partial charge on any atom is -0.264 e. The highest BCUT2D eigenvalue weighted by Gasteiger charge is 2.66. The molecule has 1 fully saturated rings. The van der Waals surface area contributed by atoms with E-state index in [-0.39, 0.29) is 18.4 Å². The highest BCUT2D eigenvalue weighted by Crippen LogP contribution is 2.57. The van der Waals surface area contributed by atoms with Crippen LogP contribution in [0.5, 0.6) is 0 Å². The highest BCUT2D eigenvalue weighted by molar-refractivity contribution is 5.36. The van der Waals surface area contributed by atoms with Crippen molar-refractivity contribution in [2.24, 2.45) is 5.92 Å². The van der Waals surface area contributed by atoms with Crippen LogP contribution in [0.15, 0.2) is 49.1 Å². The molecular formula is C17H18F3NO2. The van der Waals surface area contributed by atoms with Crippen molar-refractivity contribution >= 4 is 0 Å². The minimum absolute atomic E-state index is 0.135. The largest absolute Gasteiger partial charge is 0.396 e. The number of benzene rings is 1. The average Bonchev–Trinajstić information content (AvgIpc) is 2.74. The summed E-state index contributed by atoms with van der Waals surface area (Å²) in [4.78, 5) is 11.1. The van der Waals surface area contributed by atoms with Gasteiger partial charge < -0.3 is 0 Å². The summed E-state index contributed by atoms with van der Waals surface area (Å²) >= 11 is 0. The second kappa shape index (κ2) is 5.83. The fourth-order valence-electron chi connectivity index (χ4n) is 3.56. The summed E-state index contributed by atoms with van der Waals surface area (Å²) in [5.41, 5.74) is -0.699. The Balaban J connectivity index is 2.67. The Hall–Kier alpha value is -2.11. The van der Waals surface area contributed by atoms with Gasteiger partial charge in [0.15, 0.2) is 0 Å². The molecule has 0 unspecified atom stereocenters. The third-order valence-electron chi connectivity index (χ3n) is 4.54. The molecule has 0 aromatic heterocycles. The van der Waals surface area contributed by atoms with E-state index >= 15 is 0 Å². The van der Waals surface area contributed by atoms with E-state index in [1.54, 1.807) is 24.3 Å². The Bertz CT molecular complexity index is 636. The molecule has 23 heavy (non-hydrogen) atoms. The molecule has 0 heterocycles. The third kappa shape index (κ3) is 2.90. The number of hydrogen-bond acceptors (Lipinski definition) is 2. The molecule has 0 aliphatic heterocycles. The van der Waals surface area contributed by atoms with Gasteiger partial charge in [-0.15, -0.1) is 6.58 Å². The zero-order valence-electron chi connectivity index (χ0n) is 12.8. The Morgan fingerprint density at radius 3 is 2.39 bits per heavy atom. The van der Waals surface area contributed by atoms with Crippen molar-refractivity contribution in [3.05, 3.63) is 70.3 Å². The van der Waals surface area contributed by atoms with E-state index in [2.05, 4.69) is 13.2 Å². The first kappa shape index (κ1) is 17.2. The number of rotatable bonds is 4. The van der Waals surface area contributed by atoms with E-state index in [0.717, 1.165) is 5.56 Å². The summed E-state index contributed by atoms with van der Waals surface area (Å²) in [6.07, 6.45) is -3.69. The van der Waals surface area contributed by atoms with E-state index in [1.807, 2.05) is 6.92 Å². The summed E-state index contributed by atoms with van der Waals surface area (Å²) < 4.78 is 40.7. The van der Waals surface area contributed by atoms with Crippen LogP contribution in [0.2, 0.25) is 0 Å². The van der Waals surface area contributed by atoms with Crippen LogP contribution in [-0.2, 0) is 0 Å². The normalized spacial score (nSPS) is 27.9. The predicted molar refractivity (Wildman–Crippen MR) is 81.8 cm³/mol. The Morgan fingerprint density at radius 2 is 1.96 bits per heavy atom. The van der Waals surface area contributed by atoms with Crippen LogP contribution in [-0.4, -0.2) is 16.6 Å². The van der Waals surface area contributed by atoms with E-state index in [9.17, 15) is 23.3 Å². The zero-order valence-corrected chi connectivity index (χ0v) is 12.8. The molecule has 1 aromatic rings. The van der Waals surface area contributed by atoms with Gasteiger partial charge in [-0.05, 0) is 12.5 Å². The van der Waals surface area contributed by atoms with Crippen LogP contribution < -0.4 is 0 Å². The maximum Gasteiger partial charge on any atom is 0.396 e. The Kier molecular flexibility index (Phi) is 4.37. The molecule has 1 aliphatic rings. The standard InChI is InChI=1S/C17H18F3NO2/c1-4-9-16(21(22)23)10-12(3)14(17(18,19)20)15(16)13-7-5-11(2)6-8-13/h4-8,14-15H,1,3,9-10H2,2H3/t14-,15-,16+/m0/s1. The van der Waals surface area contributed by atoms with Gasteiger partial charge in [0.05, 0.1) is 11.8 Å². The average molecular weight is 325 g/mol. The second-order valence-electron chi connectivity index (χ2n) is 6.10. The number of halogens is 3.